The summed E-state index contributed by atoms with van der Waals surface area (Å²) in [6.45, 7) is 6.35. The molecule has 0 N–H and O–H groups in total. The van der Waals surface area contributed by atoms with Gasteiger partial charge in [0, 0.05) is 24.0 Å². The largest absolute Gasteiger partial charge is 0.449 e. The molecule has 0 saturated heterocycles. The lowest BCUT2D eigenvalue weighted by molar-refractivity contribution is 0.0732. The van der Waals surface area contributed by atoms with E-state index in [9.17, 15) is 4.79 Å². The molecule has 4 nitrogen and oxygen atoms in total. The number of hydrogen-bond acceptors (Lipinski definition) is 3. The van der Waals surface area contributed by atoms with Crippen molar-refractivity contribution in [3.63, 3.8) is 0 Å². The van der Waals surface area contributed by atoms with Crippen molar-refractivity contribution in [3.8, 4) is 6.07 Å². The molecule has 0 bridgehead atoms. The molecule has 130 valence electrons. The molecular weight excluding hydrogens is 348 g/mol. The molecule has 26 heavy (non-hydrogen) atoms. The van der Waals surface area contributed by atoms with Gasteiger partial charge in [0.15, 0.2) is 11.3 Å². The van der Waals surface area contributed by atoms with E-state index < -0.39 is 0 Å². The Balaban J connectivity index is 1.93. The van der Waals surface area contributed by atoms with Gasteiger partial charge < -0.3 is 9.32 Å². The third-order valence-electron chi connectivity index (χ3n) is 4.20. The Kier molecular flexibility index (Phi) is 5.11. The molecule has 0 atom stereocenters. The molecule has 0 unspecified atom stereocenters. The van der Waals surface area contributed by atoms with Crippen LogP contribution in [0.2, 0.25) is 5.02 Å². The van der Waals surface area contributed by atoms with Gasteiger partial charge in [0.25, 0.3) is 5.91 Å². The average molecular weight is 365 g/mol. The zero-order valence-corrected chi connectivity index (χ0v) is 15.1. The number of carbonyl (C=O) groups is 1. The second-order valence-electron chi connectivity index (χ2n) is 5.96. The fourth-order valence-electron chi connectivity index (χ4n) is 2.84. The molecule has 0 fully saturated rings. The molecule has 1 amide bonds. The Hall–Kier alpha value is -3.03. The first-order valence-electron chi connectivity index (χ1n) is 8.12. The van der Waals surface area contributed by atoms with Gasteiger partial charge in [-0.2, -0.15) is 5.26 Å². The van der Waals surface area contributed by atoms with Crippen molar-refractivity contribution < 1.29 is 9.21 Å². The predicted octanol–water partition coefficient (Wildman–Crippen LogP) is 5.09. The summed E-state index contributed by atoms with van der Waals surface area (Å²) >= 11 is 6.18. The minimum Gasteiger partial charge on any atom is -0.449 e. The lowest BCUT2D eigenvalue weighted by Gasteiger charge is -2.20. The number of hydrogen-bond donors (Lipinski definition) is 0. The van der Waals surface area contributed by atoms with Gasteiger partial charge >= 0.3 is 0 Å². The summed E-state index contributed by atoms with van der Waals surface area (Å²) in [6.07, 6.45) is 1.67. The quantitative estimate of drug-likeness (QED) is 0.592. The van der Waals surface area contributed by atoms with E-state index in [1.54, 1.807) is 29.2 Å². The van der Waals surface area contributed by atoms with E-state index in [2.05, 4.69) is 12.6 Å². The van der Waals surface area contributed by atoms with Gasteiger partial charge in [0.05, 0.1) is 16.7 Å². The molecule has 1 heterocycles. The van der Waals surface area contributed by atoms with E-state index in [0.29, 0.717) is 29.3 Å². The second-order valence-corrected chi connectivity index (χ2v) is 6.36. The number of carbonyl (C=O) groups excluding carboxylic acids is 1. The van der Waals surface area contributed by atoms with Crippen molar-refractivity contribution in [1.29, 1.82) is 5.26 Å². The maximum Gasteiger partial charge on any atom is 0.290 e. The Morgan fingerprint density at radius 2 is 2.04 bits per heavy atom. The third-order valence-corrected chi connectivity index (χ3v) is 4.50. The van der Waals surface area contributed by atoms with Crippen LogP contribution in [0.1, 0.15) is 27.2 Å². The van der Waals surface area contributed by atoms with Crippen LogP contribution in [0.25, 0.3) is 11.0 Å². The van der Waals surface area contributed by atoms with Gasteiger partial charge in [0.1, 0.15) is 0 Å². The van der Waals surface area contributed by atoms with E-state index in [-0.39, 0.29) is 11.7 Å². The molecule has 0 aliphatic carbocycles. The highest BCUT2D eigenvalue weighted by Gasteiger charge is 2.23. The lowest BCUT2D eigenvalue weighted by atomic mass is 10.1. The SMILES string of the molecule is C=CCN(Cc1ccc(C#N)cc1)C(=O)c1oc2c(Cl)cccc2c1C. The summed E-state index contributed by atoms with van der Waals surface area (Å²) in [4.78, 5) is 14.7. The smallest absolute Gasteiger partial charge is 0.290 e. The monoisotopic (exact) mass is 364 g/mol. The van der Waals surface area contributed by atoms with Crippen LogP contribution in [-0.2, 0) is 6.54 Å². The number of amides is 1. The second kappa shape index (κ2) is 7.47. The highest BCUT2D eigenvalue weighted by Crippen LogP contribution is 2.31. The molecule has 0 aliphatic heterocycles. The molecule has 0 spiro atoms. The summed E-state index contributed by atoms with van der Waals surface area (Å²) in [7, 11) is 0. The van der Waals surface area contributed by atoms with E-state index in [0.717, 1.165) is 16.5 Å². The maximum absolute atomic E-state index is 13.1. The number of fused-ring (bicyclic) bond motifs is 1. The van der Waals surface area contributed by atoms with Crippen LogP contribution < -0.4 is 0 Å². The minimum atomic E-state index is -0.223. The van der Waals surface area contributed by atoms with E-state index in [4.69, 9.17) is 21.3 Å². The lowest BCUT2D eigenvalue weighted by Crippen LogP contribution is -2.30. The van der Waals surface area contributed by atoms with Crippen molar-refractivity contribution in [3.05, 3.63) is 82.6 Å². The first kappa shape index (κ1) is 17.8. The molecule has 2 aromatic carbocycles. The number of rotatable bonds is 5. The standard InChI is InChI=1S/C21H17ClN2O2/c1-3-11-24(13-16-9-7-15(12-23)8-10-16)21(25)19-14(2)17-5-4-6-18(22)20(17)26-19/h3-10H,1,11,13H2,2H3. The van der Waals surface area contributed by atoms with Crippen LogP contribution in [0.3, 0.4) is 0 Å². The van der Waals surface area contributed by atoms with Gasteiger partial charge in [-0.25, -0.2) is 0 Å². The van der Waals surface area contributed by atoms with Crippen LogP contribution in [0, 0.1) is 18.3 Å². The Bertz CT molecular complexity index is 1010. The van der Waals surface area contributed by atoms with Crippen molar-refractivity contribution in [2.45, 2.75) is 13.5 Å². The number of aryl methyl sites for hydroxylation is 1. The maximum atomic E-state index is 13.1. The van der Waals surface area contributed by atoms with Crippen LogP contribution in [0.15, 0.2) is 59.5 Å². The highest BCUT2D eigenvalue weighted by molar-refractivity contribution is 6.35. The summed E-state index contributed by atoms with van der Waals surface area (Å²) < 4.78 is 5.79. The Morgan fingerprint density at radius 1 is 1.31 bits per heavy atom. The first-order chi connectivity index (χ1) is 12.5. The molecule has 3 aromatic rings. The molecule has 1 aromatic heterocycles. The molecule has 3 rings (SSSR count). The number of halogens is 1. The van der Waals surface area contributed by atoms with Gasteiger partial charge in [-0.05, 0) is 30.7 Å². The summed E-state index contributed by atoms with van der Waals surface area (Å²) in [5.41, 5.74) is 2.79. The van der Waals surface area contributed by atoms with Crippen molar-refractivity contribution in [2.75, 3.05) is 6.54 Å². The van der Waals surface area contributed by atoms with E-state index in [1.165, 1.54) is 0 Å². The van der Waals surface area contributed by atoms with Crippen molar-refractivity contribution in [1.82, 2.24) is 4.90 Å². The highest BCUT2D eigenvalue weighted by atomic mass is 35.5. The summed E-state index contributed by atoms with van der Waals surface area (Å²) in [6, 6.07) is 14.7. The molecule has 0 aliphatic rings. The van der Waals surface area contributed by atoms with E-state index >= 15 is 0 Å². The Morgan fingerprint density at radius 3 is 2.65 bits per heavy atom. The Labute approximate surface area is 156 Å². The number of para-hydroxylation sites is 1. The zero-order valence-electron chi connectivity index (χ0n) is 14.3. The predicted molar refractivity (Wildman–Crippen MR) is 102 cm³/mol. The van der Waals surface area contributed by atoms with E-state index in [1.807, 2.05) is 31.2 Å². The zero-order chi connectivity index (χ0) is 18.7. The van der Waals surface area contributed by atoms with Crippen LogP contribution >= 0.6 is 11.6 Å². The fraction of sp³-hybridized carbons (Fsp3) is 0.143. The van der Waals surface area contributed by atoms with Gasteiger partial charge in [-0.3, -0.25) is 4.79 Å². The van der Waals surface area contributed by atoms with Crippen LogP contribution in [0.5, 0.6) is 0 Å². The van der Waals surface area contributed by atoms with Crippen LogP contribution in [-0.4, -0.2) is 17.4 Å². The third kappa shape index (κ3) is 3.35. The van der Waals surface area contributed by atoms with Gasteiger partial charge in [-0.15, -0.1) is 6.58 Å². The van der Waals surface area contributed by atoms with Gasteiger partial charge in [-0.1, -0.05) is 41.9 Å². The average Bonchev–Trinajstić information content (AvgIpc) is 3.00. The van der Waals surface area contributed by atoms with Crippen LogP contribution in [0.4, 0.5) is 0 Å². The van der Waals surface area contributed by atoms with Crippen molar-refractivity contribution in [2.24, 2.45) is 0 Å². The normalized spacial score (nSPS) is 10.5. The van der Waals surface area contributed by atoms with Crippen molar-refractivity contribution >= 4 is 28.5 Å². The number of nitrogens with zero attached hydrogens (tertiary/aromatic N) is 2. The molecule has 0 radical (unpaired) electrons. The number of benzene rings is 2. The molecule has 0 saturated carbocycles. The molecular formula is C21H17ClN2O2. The molecule has 5 heteroatoms. The number of nitriles is 1. The number of furan rings is 1. The summed E-state index contributed by atoms with van der Waals surface area (Å²) in [5.74, 6) is 0.0580. The summed E-state index contributed by atoms with van der Waals surface area (Å²) in [5, 5.41) is 10.2. The fourth-order valence-corrected chi connectivity index (χ4v) is 3.05. The minimum absolute atomic E-state index is 0.223. The van der Waals surface area contributed by atoms with Gasteiger partial charge in [0.2, 0.25) is 0 Å². The topological polar surface area (TPSA) is 57.2 Å². The first-order valence-corrected chi connectivity index (χ1v) is 8.49.